The van der Waals surface area contributed by atoms with Crippen molar-refractivity contribution in [2.75, 3.05) is 72.7 Å². The summed E-state index contributed by atoms with van der Waals surface area (Å²) in [6.07, 6.45) is 8.26. The van der Waals surface area contributed by atoms with Gasteiger partial charge in [-0.1, -0.05) is 206 Å². The summed E-state index contributed by atoms with van der Waals surface area (Å²) in [5.74, 6) is 1.76. The van der Waals surface area contributed by atoms with Crippen molar-refractivity contribution in [2.45, 2.75) is 97.3 Å². The van der Waals surface area contributed by atoms with Crippen LogP contribution in [0.1, 0.15) is 130 Å². The molecular formula is C91H97N4O16PS3. The molecule has 4 fully saturated rings. The van der Waals surface area contributed by atoms with Crippen LogP contribution in [0.25, 0.3) is 0 Å². The van der Waals surface area contributed by atoms with Crippen molar-refractivity contribution in [1.82, 2.24) is 19.6 Å². The molecule has 4 saturated heterocycles. The number of esters is 3. The number of ether oxygens (including phenoxy) is 3. The lowest BCUT2D eigenvalue weighted by Gasteiger charge is -2.43. The van der Waals surface area contributed by atoms with Crippen LogP contribution in [-0.2, 0) is 43.8 Å². The van der Waals surface area contributed by atoms with Crippen LogP contribution in [0.5, 0.6) is 0 Å². The molecule has 9 aromatic rings. The number of hydrogen-bond acceptors (Lipinski definition) is 16. The molecule has 0 saturated carbocycles. The molecule has 20 nitrogen and oxygen atoms in total. The first-order valence-electron chi connectivity index (χ1n) is 38.2. The first-order valence-corrected chi connectivity index (χ1v) is 43.1. The Balaban J connectivity index is 0.000000164. The van der Waals surface area contributed by atoms with Crippen molar-refractivity contribution in [2.24, 2.45) is 0 Å². The standard InChI is InChI=1S/C22H25NO3S.C21H19O2P.C20H19NO2S.C16H19NO3.C12H13NO2.H2O4S/c1-2-26-20(24)17-22(27-19-11-7-4-8-12-19)13-15-23(16-14-22)21(25)18-9-5-3-6-10-18;1-23-21(22)17-24(18-11-5-2-6-12-18,19-13-7-3-8-14-19)20-15-9-4-10-16-20;22-17-14-20(24-18-9-5-4-8-16(17)18)10-12-21(13-11-20)19(23)15-6-2-1-3-7-15;1-2-20-15(18)12-13-8-10-17(11-9-13)16(19)14-6-4-3-5-7-14;14-11-6-8-13(9-7-11)12(15)10-4-2-1-3-5-10;1-5(2,3)4/h3-12H,2,13-17H2,1H3;2-17H,1H3;1-9H,10-14H2;3-7,12H,2,8-11H2,1H3;1-5H,6-9H2;(H2,1,2,3,4). The Kier molecular flexibility index (Phi) is 33.9. The maximum absolute atomic E-state index is 12.7. The molecule has 115 heavy (non-hydrogen) atoms. The zero-order valence-electron chi connectivity index (χ0n) is 64.8. The molecule has 14 rings (SSSR count). The quantitative estimate of drug-likeness (QED) is 0.0317. The zero-order chi connectivity index (χ0) is 82.1. The molecule has 5 aliphatic heterocycles. The normalized spacial score (nSPS) is 15.3. The van der Waals surface area contributed by atoms with Crippen LogP contribution in [0.4, 0.5) is 0 Å². The predicted octanol–water partition coefficient (Wildman–Crippen LogP) is 14.7. The number of benzene rings is 9. The second-order valence-electron chi connectivity index (χ2n) is 27.5. The summed E-state index contributed by atoms with van der Waals surface area (Å²) in [4.78, 5) is 119. The number of thioether (sulfide) groups is 2. The molecule has 600 valence electrons. The zero-order valence-corrected chi connectivity index (χ0v) is 68.1. The summed E-state index contributed by atoms with van der Waals surface area (Å²) in [6.45, 7) is 7.33. The van der Waals surface area contributed by atoms with Gasteiger partial charge in [-0.05, 0) is 142 Å². The van der Waals surface area contributed by atoms with E-state index in [0.29, 0.717) is 94.9 Å². The van der Waals surface area contributed by atoms with Gasteiger partial charge in [-0.25, -0.2) is 9.59 Å². The Morgan fingerprint density at radius 2 is 0.791 bits per heavy atom. The Bertz CT molecular complexity index is 4770. The topological polar surface area (TPSA) is 269 Å². The number of amides is 4. The molecule has 0 bridgehead atoms. The second kappa shape index (κ2) is 44.2. The number of hydrogen-bond donors (Lipinski definition) is 2. The fourth-order valence-corrected chi connectivity index (χ4v) is 20.4. The lowest BCUT2D eigenvalue weighted by molar-refractivity contribution is -0.144. The highest BCUT2D eigenvalue weighted by Crippen LogP contribution is 2.50. The predicted molar refractivity (Wildman–Crippen MR) is 454 cm³/mol. The molecule has 24 heteroatoms. The summed E-state index contributed by atoms with van der Waals surface area (Å²) >= 11 is 3.57. The molecule has 4 amide bonds. The number of carbonyl (C=O) groups excluding carboxylic acids is 9. The van der Waals surface area contributed by atoms with E-state index in [1.807, 2.05) is 240 Å². The largest absolute Gasteiger partial charge is 0.466 e. The lowest BCUT2D eigenvalue weighted by atomic mass is 9.88. The molecule has 0 atom stereocenters. The molecule has 2 N–H and O–H groups in total. The van der Waals surface area contributed by atoms with Crippen LogP contribution in [0.15, 0.2) is 288 Å². The van der Waals surface area contributed by atoms with E-state index in [0.717, 1.165) is 94.0 Å². The monoisotopic (exact) mass is 1630 g/mol. The van der Waals surface area contributed by atoms with Gasteiger partial charge < -0.3 is 33.8 Å². The number of nitrogens with zero attached hydrogens (tertiary/aromatic N) is 4. The molecule has 1 spiro atoms. The highest BCUT2D eigenvalue weighted by molar-refractivity contribution is 8.01. The third kappa shape index (κ3) is 26.6. The Morgan fingerprint density at radius 1 is 0.452 bits per heavy atom. The number of Topliss-reactive ketones (excluding diaryl/α,β-unsaturated/α-hetero) is 2. The molecule has 5 heterocycles. The van der Waals surface area contributed by atoms with Gasteiger partial charge in [0.2, 0.25) is 0 Å². The fraction of sp³-hybridized carbons (Fsp3) is 0.275. The Morgan fingerprint density at radius 3 is 1.17 bits per heavy atom. The fourth-order valence-electron chi connectivity index (χ4n) is 13.9. The lowest BCUT2D eigenvalue weighted by Crippen LogP contribution is -2.47. The van der Waals surface area contributed by atoms with Crippen LogP contribution in [0.2, 0.25) is 0 Å². The highest BCUT2D eigenvalue weighted by Gasteiger charge is 2.43. The maximum atomic E-state index is 12.7. The van der Waals surface area contributed by atoms with E-state index in [4.69, 9.17) is 31.7 Å². The van der Waals surface area contributed by atoms with Gasteiger partial charge in [0.05, 0.1) is 26.7 Å². The van der Waals surface area contributed by atoms with Crippen LogP contribution < -0.4 is 15.9 Å². The number of carbonyl (C=O) groups is 9. The minimum absolute atomic E-state index is 0.0306. The van der Waals surface area contributed by atoms with Gasteiger partial charge in [-0.15, -0.1) is 23.5 Å². The Hall–Kier alpha value is -10.8. The van der Waals surface area contributed by atoms with Crippen LogP contribution in [0, 0.1) is 0 Å². The number of ketones is 2. The highest BCUT2D eigenvalue weighted by atomic mass is 32.3. The van der Waals surface area contributed by atoms with Gasteiger partial charge in [0.15, 0.2) is 5.78 Å². The molecule has 9 aromatic carbocycles. The van der Waals surface area contributed by atoms with Gasteiger partial charge in [0.1, 0.15) is 5.78 Å². The maximum Gasteiger partial charge on any atom is 0.394 e. The third-order valence-electron chi connectivity index (χ3n) is 19.8. The summed E-state index contributed by atoms with van der Waals surface area (Å²) < 4.78 is 46.4. The van der Waals surface area contributed by atoms with Crippen molar-refractivity contribution in [3.63, 3.8) is 0 Å². The first kappa shape index (κ1) is 88.2. The van der Waals surface area contributed by atoms with E-state index < -0.39 is 17.3 Å². The van der Waals surface area contributed by atoms with Crippen molar-refractivity contribution in [3.8, 4) is 0 Å². The average molecular weight is 1630 g/mol. The smallest absolute Gasteiger partial charge is 0.394 e. The summed E-state index contributed by atoms with van der Waals surface area (Å²) in [6, 6.07) is 85.9. The molecule has 0 aromatic heterocycles. The van der Waals surface area contributed by atoms with Gasteiger partial charge in [0.25, 0.3) is 23.6 Å². The molecule has 0 radical (unpaired) electrons. The van der Waals surface area contributed by atoms with Gasteiger partial charge in [0, 0.05) is 131 Å². The van der Waals surface area contributed by atoms with Gasteiger partial charge >= 0.3 is 28.3 Å². The van der Waals surface area contributed by atoms with Crippen LogP contribution in [0.3, 0.4) is 0 Å². The summed E-state index contributed by atoms with van der Waals surface area (Å²) in [5.41, 5.74) is 4.78. The molecule has 5 aliphatic rings. The van der Waals surface area contributed by atoms with Crippen LogP contribution >= 0.6 is 30.4 Å². The van der Waals surface area contributed by atoms with Gasteiger partial charge in [-0.3, -0.25) is 42.7 Å². The number of methoxy groups -OCH3 is 1. The molecular weight excluding hydrogens is 1530 g/mol. The van der Waals surface area contributed by atoms with E-state index in [1.165, 1.54) is 7.11 Å². The van der Waals surface area contributed by atoms with E-state index in [9.17, 15) is 43.2 Å². The molecule has 0 aliphatic carbocycles. The average Bonchev–Trinajstić information content (AvgIpc) is 0.753. The van der Waals surface area contributed by atoms with Crippen molar-refractivity contribution in [1.29, 1.82) is 0 Å². The van der Waals surface area contributed by atoms with Crippen molar-refractivity contribution < 1.29 is 74.9 Å². The van der Waals surface area contributed by atoms with Crippen LogP contribution in [-0.4, -0.2) is 178 Å². The minimum Gasteiger partial charge on any atom is -0.466 e. The van der Waals surface area contributed by atoms with E-state index in [1.54, 1.807) is 47.6 Å². The summed E-state index contributed by atoms with van der Waals surface area (Å²) in [5, 5.41) is 3.40. The number of piperidine rings is 4. The third-order valence-corrected chi connectivity index (χ3v) is 26.7. The van der Waals surface area contributed by atoms with E-state index >= 15 is 0 Å². The Labute approximate surface area is 682 Å². The second-order valence-corrected chi connectivity index (χ2v) is 34.7. The SMILES string of the molecule is CCOC(=O)C=C1CCN(C(=O)c2ccccc2)CC1.CCOC(=O)CC1(Sc2ccccc2)CCN(C(=O)c2ccccc2)CC1.COC(=O)C=P(c1ccccc1)(c1ccccc1)c1ccccc1.O=C1CC2(CCN(C(=O)c3ccccc3)CC2)Sc2ccccc21.O=C1CCN(C(=O)c2ccccc2)CC1.O=S(=O)(O)O. The number of fused-ring (bicyclic) bond motifs is 1. The minimum atomic E-state index is -4.67. The summed E-state index contributed by atoms with van der Waals surface area (Å²) in [7, 11) is -3.24. The first-order chi connectivity index (χ1) is 55.5. The molecule has 0 unspecified atom stereocenters. The van der Waals surface area contributed by atoms with E-state index in [2.05, 4.69) is 48.5 Å². The number of rotatable bonds is 15. The number of likely N-dealkylation sites (tertiary alicyclic amines) is 4. The van der Waals surface area contributed by atoms with E-state index in [-0.39, 0.29) is 62.6 Å². The van der Waals surface area contributed by atoms with Crippen molar-refractivity contribution in [3.05, 3.63) is 306 Å². The van der Waals surface area contributed by atoms with Gasteiger partial charge in [-0.2, -0.15) is 8.42 Å². The van der Waals surface area contributed by atoms with Crippen molar-refractivity contribution >= 4 is 116 Å².